The highest BCUT2D eigenvalue weighted by molar-refractivity contribution is 6.09. The van der Waals surface area contributed by atoms with E-state index in [0.717, 1.165) is 31.3 Å². The number of pyridine rings is 2. The molecule has 224 valence electrons. The number of nitrogens with zero attached hydrogens (tertiary/aromatic N) is 5. The number of amides is 2. The number of hydrogen-bond acceptors (Lipinski definition) is 8. The van der Waals surface area contributed by atoms with Crippen molar-refractivity contribution >= 4 is 35.6 Å². The Morgan fingerprint density at radius 2 is 1.67 bits per heavy atom. The fourth-order valence-electron chi connectivity index (χ4n) is 3.53. The Hall–Kier alpha value is -4.38. The highest BCUT2D eigenvalue weighted by Crippen LogP contribution is 2.45. The van der Waals surface area contributed by atoms with Crippen LogP contribution in [0.1, 0.15) is 65.5 Å². The van der Waals surface area contributed by atoms with Crippen molar-refractivity contribution in [2.24, 2.45) is 4.99 Å². The summed E-state index contributed by atoms with van der Waals surface area (Å²) in [6, 6.07) is 4.37. The fraction of sp³-hybridized carbons (Fsp3) is 0.429. The third-order valence-corrected chi connectivity index (χ3v) is 5.44. The highest BCUT2D eigenvalue weighted by atomic mass is 19.3. The van der Waals surface area contributed by atoms with Gasteiger partial charge in [0.05, 0.1) is 18.0 Å². The molecule has 0 spiro atoms. The van der Waals surface area contributed by atoms with Gasteiger partial charge in [-0.25, -0.2) is 33.2 Å². The van der Waals surface area contributed by atoms with E-state index < -0.39 is 64.8 Å². The van der Waals surface area contributed by atoms with Gasteiger partial charge in [-0.05, 0) is 66.7 Å². The van der Waals surface area contributed by atoms with E-state index in [0.29, 0.717) is 4.90 Å². The molecule has 0 fully saturated rings. The lowest BCUT2D eigenvalue weighted by Gasteiger charge is -2.39. The molecule has 0 N–H and O–H groups in total. The predicted molar refractivity (Wildman–Crippen MR) is 144 cm³/mol. The normalized spacial score (nSPS) is 18.9. The zero-order valence-corrected chi connectivity index (χ0v) is 24.0. The smallest absolute Gasteiger partial charge is 0.425 e. The molecular weight excluding hydrogens is 562 g/mol. The molecule has 3 rings (SSSR count). The van der Waals surface area contributed by atoms with Gasteiger partial charge in [-0.2, -0.15) is 13.7 Å². The lowest BCUT2D eigenvalue weighted by Crippen LogP contribution is -2.56. The number of halogens is 4. The first kappa shape index (κ1) is 32.1. The third kappa shape index (κ3) is 7.27. The van der Waals surface area contributed by atoms with Crippen molar-refractivity contribution < 1.29 is 41.4 Å². The molecular formula is C28H29F4N5O5. The Kier molecular flexibility index (Phi) is 8.78. The summed E-state index contributed by atoms with van der Waals surface area (Å²) in [5.41, 5.74) is -6.41. The predicted octanol–water partition coefficient (Wildman–Crippen LogP) is 7.04. The third-order valence-electron chi connectivity index (χ3n) is 5.44. The Morgan fingerprint density at radius 1 is 1.07 bits per heavy atom. The van der Waals surface area contributed by atoms with E-state index in [1.807, 2.05) is 0 Å². The maximum atomic E-state index is 15.3. The van der Waals surface area contributed by atoms with Crippen LogP contribution in [0.25, 0.3) is 16.7 Å². The van der Waals surface area contributed by atoms with E-state index >= 15 is 13.2 Å². The van der Waals surface area contributed by atoms with Crippen LogP contribution >= 0.6 is 0 Å². The molecule has 2 amide bonds. The van der Waals surface area contributed by atoms with E-state index in [-0.39, 0.29) is 17.1 Å². The van der Waals surface area contributed by atoms with Crippen LogP contribution in [0, 0.1) is 12.4 Å². The quantitative estimate of drug-likeness (QED) is 0.278. The molecule has 0 aliphatic carbocycles. The Morgan fingerprint density at radius 3 is 2.17 bits per heavy atom. The molecule has 0 radical (unpaired) electrons. The van der Waals surface area contributed by atoms with Crippen LogP contribution in [-0.2, 0) is 19.7 Å². The minimum atomic E-state index is -4.20. The van der Waals surface area contributed by atoms with Gasteiger partial charge in [-0.3, -0.25) is 4.98 Å². The summed E-state index contributed by atoms with van der Waals surface area (Å²) >= 11 is 0. The second-order valence-corrected chi connectivity index (χ2v) is 11.3. The van der Waals surface area contributed by atoms with Gasteiger partial charge in [-0.15, -0.1) is 0 Å². The molecule has 1 aliphatic rings. The second kappa shape index (κ2) is 11.5. The first-order valence-electron chi connectivity index (χ1n) is 12.5. The maximum absolute atomic E-state index is 15.3. The SMILES string of the molecule is [C-]#[N+]c1ccc(/C(F)=C/c2ccc(F)c([C@@]3(C)N=C(N(C(=O)OC(C)(C)C)C(=O)OC(C)(C)C)COC3(F)F)n2)nc1. The Balaban J connectivity index is 2.13. The summed E-state index contributed by atoms with van der Waals surface area (Å²) in [7, 11) is 0. The van der Waals surface area contributed by atoms with Crippen molar-refractivity contribution in [3.63, 3.8) is 0 Å². The lowest BCUT2D eigenvalue weighted by molar-refractivity contribution is -0.278. The monoisotopic (exact) mass is 591 g/mol. The van der Waals surface area contributed by atoms with Crippen LogP contribution in [0.3, 0.4) is 0 Å². The summed E-state index contributed by atoms with van der Waals surface area (Å²) < 4.78 is 75.8. The van der Waals surface area contributed by atoms with E-state index in [9.17, 15) is 14.0 Å². The number of hydrogen-bond donors (Lipinski definition) is 0. The first-order chi connectivity index (χ1) is 19.3. The van der Waals surface area contributed by atoms with Gasteiger partial charge in [0.25, 0.3) is 0 Å². The molecule has 0 saturated carbocycles. The van der Waals surface area contributed by atoms with Crippen molar-refractivity contribution in [2.75, 3.05) is 6.61 Å². The van der Waals surface area contributed by atoms with E-state index in [1.54, 1.807) is 0 Å². The number of ether oxygens (including phenoxy) is 3. The highest BCUT2D eigenvalue weighted by Gasteiger charge is 2.59. The van der Waals surface area contributed by atoms with Crippen LogP contribution < -0.4 is 0 Å². The average molecular weight is 592 g/mol. The molecule has 10 nitrogen and oxygen atoms in total. The van der Waals surface area contributed by atoms with Crippen molar-refractivity contribution in [1.29, 1.82) is 0 Å². The van der Waals surface area contributed by atoms with Crippen LogP contribution in [0.4, 0.5) is 32.8 Å². The van der Waals surface area contributed by atoms with Crippen LogP contribution in [-0.4, -0.2) is 56.8 Å². The number of imide groups is 1. The largest absolute Gasteiger partial charge is 0.443 e. The summed E-state index contributed by atoms with van der Waals surface area (Å²) in [6.07, 6.45) is -4.83. The first-order valence-corrected chi connectivity index (χ1v) is 12.5. The van der Waals surface area contributed by atoms with Gasteiger partial charge in [0.2, 0.25) is 5.69 Å². The fourth-order valence-corrected chi connectivity index (χ4v) is 3.53. The molecule has 2 aromatic heterocycles. The number of carbonyl (C=O) groups is 2. The molecule has 0 saturated heterocycles. The molecule has 0 bridgehead atoms. The molecule has 0 aromatic carbocycles. The zero-order valence-electron chi connectivity index (χ0n) is 24.0. The van der Waals surface area contributed by atoms with Crippen molar-refractivity contribution in [3.8, 4) is 0 Å². The number of aromatic nitrogens is 2. The van der Waals surface area contributed by atoms with Crippen molar-refractivity contribution in [1.82, 2.24) is 14.9 Å². The van der Waals surface area contributed by atoms with E-state index in [1.165, 1.54) is 53.7 Å². The van der Waals surface area contributed by atoms with Gasteiger partial charge in [0.1, 0.15) is 35.2 Å². The lowest BCUT2D eigenvalue weighted by atomic mass is 9.94. The van der Waals surface area contributed by atoms with Gasteiger partial charge < -0.3 is 14.2 Å². The molecule has 1 aliphatic heterocycles. The summed E-state index contributed by atoms with van der Waals surface area (Å²) in [5, 5.41) is 0. The number of amidine groups is 1. The summed E-state index contributed by atoms with van der Waals surface area (Å²) in [5.74, 6) is -2.85. The molecule has 3 heterocycles. The van der Waals surface area contributed by atoms with Gasteiger partial charge in [-0.1, -0.05) is 6.07 Å². The molecule has 1 atom stereocenters. The van der Waals surface area contributed by atoms with Crippen molar-refractivity contribution in [3.05, 3.63) is 64.8 Å². The number of aliphatic imine (C=N–C) groups is 1. The second-order valence-electron chi connectivity index (χ2n) is 11.3. The standard InChI is InChI=1S/C28H29F4N5O5/c1-25(2,3)41-23(38)37(24(39)42-26(4,5)6)21-15-40-28(31,32)27(7,36-21)22-18(29)11-9-16(35-22)13-19(30)20-12-10-17(33-8)14-34-20/h9-14H,15H2,1-7H3/b19-13-/t27-/m1/s1. The van der Waals surface area contributed by atoms with Gasteiger partial charge >= 0.3 is 18.3 Å². The van der Waals surface area contributed by atoms with Crippen LogP contribution in [0.5, 0.6) is 0 Å². The van der Waals surface area contributed by atoms with E-state index in [4.69, 9.17) is 20.8 Å². The topological polar surface area (TPSA) is 108 Å². The van der Waals surface area contributed by atoms with Crippen LogP contribution in [0.2, 0.25) is 0 Å². The minimum Gasteiger partial charge on any atom is -0.443 e. The molecule has 2 aromatic rings. The van der Waals surface area contributed by atoms with Crippen LogP contribution in [0.15, 0.2) is 35.5 Å². The number of carbonyl (C=O) groups excluding carboxylic acids is 2. The number of rotatable bonds is 3. The molecule has 0 unspecified atom stereocenters. The van der Waals surface area contributed by atoms with Gasteiger partial charge in [0.15, 0.2) is 11.4 Å². The van der Waals surface area contributed by atoms with Crippen molar-refractivity contribution in [2.45, 2.75) is 71.3 Å². The average Bonchev–Trinajstić information content (AvgIpc) is 2.85. The van der Waals surface area contributed by atoms with Gasteiger partial charge in [0, 0.05) is 12.3 Å². The Labute approximate surface area is 239 Å². The number of alkyl halides is 2. The zero-order chi connectivity index (χ0) is 31.7. The molecule has 42 heavy (non-hydrogen) atoms. The van der Waals surface area contributed by atoms with E-state index in [2.05, 4.69) is 19.8 Å². The molecule has 14 heteroatoms. The Bertz CT molecular complexity index is 1450. The minimum absolute atomic E-state index is 0.168. The summed E-state index contributed by atoms with van der Waals surface area (Å²) in [6.45, 7) is 15.8. The summed E-state index contributed by atoms with van der Waals surface area (Å²) in [4.78, 5) is 41.1. The maximum Gasteiger partial charge on any atom is 0.425 e.